The van der Waals surface area contributed by atoms with E-state index in [4.69, 9.17) is 4.74 Å². The van der Waals surface area contributed by atoms with Gasteiger partial charge in [0.25, 0.3) is 0 Å². The number of fused-ring (bicyclic) bond motifs is 1. The van der Waals surface area contributed by atoms with E-state index < -0.39 is 5.60 Å². The van der Waals surface area contributed by atoms with E-state index in [0.717, 1.165) is 39.8 Å². The molecular weight excluding hydrogens is 404 g/mol. The van der Waals surface area contributed by atoms with Crippen LogP contribution in [0.4, 0.5) is 10.5 Å². The van der Waals surface area contributed by atoms with Crippen LogP contribution in [-0.2, 0) is 9.53 Å². The van der Waals surface area contributed by atoms with Crippen LogP contribution in [0.3, 0.4) is 0 Å². The summed E-state index contributed by atoms with van der Waals surface area (Å²) in [7, 11) is 0. The largest absolute Gasteiger partial charge is 0.444 e. The lowest BCUT2D eigenvalue weighted by Gasteiger charge is -2.29. The van der Waals surface area contributed by atoms with Gasteiger partial charge in [-0.25, -0.2) is 9.78 Å². The fourth-order valence-electron chi connectivity index (χ4n) is 3.78. The molecule has 0 spiro atoms. The lowest BCUT2D eigenvalue weighted by atomic mass is 9.98. The quantitative estimate of drug-likeness (QED) is 0.595. The summed E-state index contributed by atoms with van der Waals surface area (Å²) in [6.45, 7) is 8.26. The molecule has 1 aromatic carbocycles. The molecule has 32 heavy (non-hydrogen) atoms. The Morgan fingerprint density at radius 1 is 1.16 bits per heavy atom. The Kier molecular flexibility index (Phi) is 5.74. The average Bonchev–Trinajstić information content (AvgIpc) is 3.16. The maximum atomic E-state index is 12.3. The fraction of sp³-hybridized carbons (Fsp3) is 0.320. The number of ether oxygens (including phenoxy) is 1. The first-order valence-corrected chi connectivity index (χ1v) is 10.7. The van der Waals surface area contributed by atoms with E-state index in [-0.39, 0.29) is 12.0 Å². The van der Waals surface area contributed by atoms with Crippen molar-refractivity contribution in [1.29, 1.82) is 0 Å². The molecule has 0 aliphatic carbocycles. The zero-order valence-electron chi connectivity index (χ0n) is 18.9. The Balaban J connectivity index is 1.56. The molecule has 0 saturated carbocycles. The molecule has 7 nitrogen and oxygen atoms in total. The second-order valence-corrected chi connectivity index (χ2v) is 8.99. The number of aromatic nitrogens is 2. The van der Waals surface area contributed by atoms with Crippen LogP contribution in [0.1, 0.15) is 39.7 Å². The molecule has 0 radical (unpaired) electrons. The van der Waals surface area contributed by atoms with Crippen molar-refractivity contribution in [3.05, 3.63) is 54.4 Å². The Morgan fingerprint density at radius 2 is 1.91 bits per heavy atom. The number of nitrogens with zero attached hydrogens (tertiary/aromatic N) is 2. The molecule has 166 valence electrons. The van der Waals surface area contributed by atoms with Gasteiger partial charge in [0.15, 0.2) is 0 Å². The van der Waals surface area contributed by atoms with Crippen molar-refractivity contribution >= 4 is 34.3 Å². The van der Waals surface area contributed by atoms with E-state index in [1.807, 2.05) is 57.4 Å². The monoisotopic (exact) mass is 432 g/mol. The Bertz CT molecular complexity index is 1190. The Hall–Kier alpha value is -3.61. The molecule has 3 aromatic rings. The van der Waals surface area contributed by atoms with Gasteiger partial charge in [0.1, 0.15) is 11.2 Å². The van der Waals surface area contributed by atoms with Gasteiger partial charge in [-0.2, -0.15) is 0 Å². The number of anilines is 1. The number of carbonyl (C=O) groups is 2. The minimum absolute atomic E-state index is 0.0937. The molecule has 2 aromatic heterocycles. The Morgan fingerprint density at radius 3 is 2.53 bits per heavy atom. The van der Waals surface area contributed by atoms with Gasteiger partial charge >= 0.3 is 6.09 Å². The molecule has 4 rings (SSSR count). The highest BCUT2D eigenvalue weighted by molar-refractivity contribution is 5.94. The third kappa shape index (κ3) is 4.82. The van der Waals surface area contributed by atoms with Crippen molar-refractivity contribution in [2.24, 2.45) is 0 Å². The van der Waals surface area contributed by atoms with Gasteiger partial charge in [0, 0.05) is 54.6 Å². The Labute approximate surface area is 187 Å². The molecule has 0 saturated heterocycles. The van der Waals surface area contributed by atoms with Gasteiger partial charge in [0.2, 0.25) is 5.91 Å². The standard InChI is InChI=1S/C25H28N4O3/c1-16(30)28-20-7-5-17(6-8-20)19-13-21-22(15-27-23(21)26-14-19)18-9-11-29(12-10-18)24(31)32-25(2,3)4/h5-9,13-15H,10-12H2,1-4H3,(H,26,27)(H,28,30). The predicted octanol–water partition coefficient (Wildman–Crippen LogP) is 5.21. The molecule has 3 heterocycles. The van der Waals surface area contributed by atoms with Crippen molar-refractivity contribution in [3.63, 3.8) is 0 Å². The first-order chi connectivity index (χ1) is 15.2. The zero-order chi connectivity index (χ0) is 22.9. The van der Waals surface area contributed by atoms with E-state index in [9.17, 15) is 9.59 Å². The number of rotatable bonds is 3. The summed E-state index contributed by atoms with van der Waals surface area (Å²) in [5.41, 5.74) is 5.41. The third-order valence-electron chi connectivity index (χ3n) is 5.28. The van der Waals surface area contributed by atoms with E-state index in [1.165, 1.54) is 12.5 Å². The van der Waals surface area contributed by atoms with Crippen LogP contribution in [0.15, 0.2) is 48.8 Å². The summed E-state index contributed by atoms with van der Waals surface area (Å²) in [6, 6.07) is 9.84. The average molecular weight is 433 g/mol. The summed E-state index contributed by atoms with van der Waals surface area (Å²) in [5.74, 6) is -0.0937. The molecule has 0 unspecified atom stereocenters. The maximum absolute atomic E-state index is 12.3. The zero-order valence-corrected chi connectivity index (χ0v) is 18.9. The van der Waals surface area contributed by atoms with E-state index in [0.29, 0.717) is 13.1 Å². The molecule has 0 bridgehead atoms. The van der Waals surface area contributed by atoms with Gasteiger partial charge in [-0.1, -0.05) is 18.2 Å². The normalized spacial score (nSPS) is 14.2. The van der Waals surface area contributed by atoms with Crippen LogP contribution in [0.2, 0.25) is 0 Å². The molecule has 7 heteroatoms. The van der Waals surface area contributed by atoms with Crippen molar-refractivity contribution < 1.29 is 14.3 Å². The van der Waals surface area contributed by atoms with Gasteiger partial charge in [-0.3, -0.25) is 4.79 Å². The highest BCUT2D eigenvalue weighted by atomic mass is 16.6. The highest BCUT2D eigenvalue weighted by Gasteiger charge is 2.24. The van der Waals surface area contributed by atoms with Crippen LogP contribution in [0.25, 0.3) is 27.7 Å². The second-order valence-electron chi connectivity index (χ2n) is 8.99. The number of carbonyl (C=O) groups excluding carboxylic acids is 2. The van der Waals surface area contributed by atoms with Crippen molar-refractivity contribution in [1.82, 2.24) is 14.9 Å². The van der Waals surface area contributed by atoms with Gasteiger partial charge < -0.3 is 19.9 Å². The van der Waals surface area contributed by atoms with Gasteiger partial charge in [-0.15, -0.1) is 0 Å². The van der Waals surface area contributed by atoms with E-state index >= 15 is 0 Å². The summed E-state index contributed by atoms with van der Waals surface area (Å²) >= 11 is 0. The lowest BCUT2D eigenvalue weighted by molar-refractivity contribution is -0.114. The number of aromatic amines is 1. The molecule has 2 amide bonds. The summed E-state index contributed by atoms with van der Waals surface area (Å²) in [4.78, 5) is 33.1. The van der Waals surface area contributed by atoms with Gasteiger partial charge in [0.05, 0.1) is 0 Å². The highest BCUT2D eigenvalue weighted by Crippen LogP contribution is 2.32. The predicted molar refractivity (Wildman–Crippen MR) is 126 cm³/mol. The van der Waals surface area contributed by atoms with Crippen LogP contribution in [0.5, 0.6) is 0 Å². The second kappa shape index (κ2) is 8.49. The first-order valence-electron chi connectivity index (χ1n) is 10.7. The molecule has 0 atom stereocenters. The third-order valence-corrected chi connectivity index (χ3v) is 5.28. The van der Waals surface area contributed by atoms with Crippen molar-refractivity contribution in [2.75, 3.05) is 18.4 Å². The number of H-pyrrole nitrogens is 1. The number of hydrogen-bond donors (Lipinski definition) is 2. The minimum atomic E-state index is -0.500. The summed E-state index contributed by atoms with van der Waals surface area (Å²) in [5, 5.41) is 3.83. The van der Waals surface area contributed by atoms with Crippen LogP contribution >= 0.6 is 0 Å². The van der Waals surface area contributed by atoms with Crippen LogP contribution in [0, 0.1) is 0 Å². The van der Waals surface area contributed by atoms with Crippen LogP contribution < -0.4 is 5.32 Å². The first kappa shape index (κ1) is 21.6. The SMILES string of the molecule is CC(=O)Nc1ccc(-c2cnc3[nH]cc(C4=CCN(C(=O)OC(C)(C)C)CC4)c3c2)cc1. The maximum Gasteiger partial charge on any atom is 0.410 e. The van der Waals surface area contributed by atoms with Crippen LogP contribution in [-0.4, -0.2) is 45.6 Å². The summed E-state index contributed by atoms with van der Waals surface area (Å²) in [6.07, 6.45) is 6.39. The van der Waals surface area contributed by atoms with Crippen molar-refractivity contribution in [3.8, 4) is 11.1 Å². The lowest BCUT2D eigenvalue weighted by Crippen LogP contribution is -2.39. The fourth-order valence-corrected chi connectivity index (χ4v) is 3.78. The molecule has 2 N–H and O–H groups in total. The number of amides is 2. The van der Waals surface area contributed by atoms with Gasteiger partial charge in [-0.05, 0) is 56.5 Å². The molecule has 1 aliphatic heterocycles. The number of benzene rings is 1. The molecule has 0 fully saturated rings. The smallest absolute Gasteiger partial charge is 0.410 e. The molecule has 1 aliphatic rings. The topological polar surface area (TPSA) is 87.3 Å². The number of hydrogen-bond acceptors (Lipinski definition) is 4. The van der Waals surface area contributed by atoms with E-state index in [1.54, 1.807) is 4.90 Å². The molecular formula is C25H28N4O3. The number of nitrogens with one attached hydrogen (secondary N) is 2. The summed E-state index contributed by atoms with van der Waals surface area (Å²) < 4.78 is 5.49. The number of pyridine rings is 1. The van der Waals surface area contributed by atoms with E-state index in [2.05, 4.69) is 27.4 Å². The van der Waals surface area contributed by atoms with Crippen molar-refractivity contribution in [2.45, 2.75) is 39.7 Å². The minimum Gasteiger partial charge on any atom is -0.444 e.